The van der Waals surface area contributed by atoms with Crippen molar-refractivity contribution in [3.05, 3.63) is 42.1 Å². The monoisotopic (exact) mass is 449 g/mol. The van der Waals surface area contributed by atoms with Gasteiger partial charge in [-0.3, -0.25) is 4.79 Å². The molecule has 1 saturated heterocycles. The summed E-state index contributed by atoms with van der Waals surface area (Å²) in [5.41, 5.74) is 0.546. The maximum Gasteiger partial charge on any atom is 0.256 e. The van der Waals surface area contributed by atoms with E-state index in [9.17, 15) is 13.2 Å². The van der Waals surface area contributed by atoms with Crippen molar-refractivity contribution in [3.63, 3.8) is 0 Å². The fraction of sp³-hybridized carbons (Fsp3) is 0.400. The van der Waals surface area contributed by atoms with Crippen molar-refractivity contribution in [2.24, 2.45) is 0 Å². The highest BCUT2D eigenvalue weighted by atomic mass is 32.2. The molecule has 0 spiro atoms. The van der Waals surface area contributed by atoms with E-state index in [-0.39, 0.29) is 23.9 Å². The molecular weight excluding hydrogens is 426 g/mol. The van der Waals surface area contributed by atoms with Crippen LogP contribution in [-0.4, -0.2) is 74.2 Å². The first-order chi connectivity index (χ1) is 14.5. The first kappa shape index (κ1) is 21.0. The van der Waals surface area contributed by atoms with Crippen LogP contribution < -0.4 is 9.47 Å². The van der Waals surface area contributed by atoms with Gasteiger partial charge >= 0.3 is 0 Å². The van der Waals surface area contributed by atoms with Gasteiger partial charge in [-0.2, -0.15) is 4.31 Å². The topological polar surface area (TPSA) is 89.0 Å². The molecule has 1 amide bonds. The lowest BCUT2D eigenvalue weighted by Crippen LogP contribution is -2.50. The van der Waals surface area contributed by atoms with Gasteiger partial charge in [-0.15, -0.1) is 11.8 Å². The Morgan fingerprint density at radius 1 is 1.07 bits per heavy atom. The van der Waals surface area contributed by atoms with Gasteiger partial charge in [0.1, 0.15) is 5.03 Å². The van der Waals surface area contributed by atoms with Crippen molar-refractivity contribution in [2.45, 2.75) is 16.3 Å². The lowest BCUT2D eigenvalue weighted by Gasteiger charge is -2.34. The van der Waals surface area contributed by atoms with Crippen molar-refractivity contribution < 1.29 is 22.7 Å². The van der Waals surface area contributed by atoms with Crippen LogP contribution in [0.5, 0.6) is 11.5 Å². The Kier molecular flexibility index (Phi) is 6.16. The maximum absolute atomic E-state index is 13.1. The quantitative estimate of drug-likeness (QED) is 0.661. The molecule has 160 valence electrons. The largest absolute Gasteiger partial charge is 0.490 e. The third kappa shape index (κ3) is 4.12. The number of aromatic nitrogens is 1. The lowest BCUT2D eigenvalue weighted by atomic mass is 10.2. The van der Waals surface area contributed by atoms with Gasteiger partial charge < -0.3 is 14.4 Å². The van der Waals surface area contributed by atoms with E-state index in [2.05, 4.69) is 4.98 Å². The third-order valence-electron chi connectivity index (χ3n) is 5.08. The Balaban J connectivity index is 1.47. The average molecular weight is 450 g/mol. The first-order valence-corrected chi connectivity index (χ1v) is 12.4. The van der Waals surface area contributed by atoms with E-state index in [0.717, 1.165) is 6.42 Å². The van der Waals surface area contributed by atoms with Gasteiger partial charge in [0.25, 0.3) is 5.91 Å². The third-order valence-corrected chi connectivity index (χ3v) is 7.68. The molecule has 0 saturated carbocycles. The predicted octanol–water partition coefficient (Wildman–Crippen LogP) is 2.11. The molecule has 4 rings (SSSR count). The highest BCUT2D eigenvalue weighted by Crippen LogP contribution is 2.33. The molecule has 0 radical (unpaired) electrons. The molecule has 2 aromatic rings. The lowest BCUT2D eigenvalue weighted by molar-refractivity contribution is 0.0693. The van der Waals surface area contributed by atoms with E-state index < -0.39 is 10.0 Å². The summed E-state index contributed by atoms with van der Waals surface area (Å²) >= 11 is 1.42. The van der Waals surface area contributed by atoms with Gasteiger partial charge in [0.2, 0.25) is 10.0 Å². The summed E-state index contributed by atoms with van der Waals surface area (Å²) < 4.78 is 38.8. The SMILES string of the molecule is CSc1ncccc1C(=O)N1CCN(S(=O)(=O)c2ccc3c(c2)OCCCO3)CC1. The summed E-state index contributed by atoms with van der Waals surface area (Å²) in [6, 6.07) is 8.19. The van der Waals surface area contributed by atoms with Gasteiger partial charge in [0, 0.05) is 44.9 Å². The number of benzene rings is 1. The molecule has 3 heterocycles. The minimum Gasteiger partial charge on any atom is -0.490 e. The number of amides is 1. The summed E-state index contributed by atoms with van der Waals surface area (Å²) in [6.07, 6.45) is 4.28. The number of carbonyl (C=O) groups excluding carboxylic acids is 1. The van der Waals surface area contributed by atoms with Crippen LogP contribution in [0.4, 0.5) is 0 Å². The smallest absolute Gasteiger partial charge is 0.256 e. The Bertz CT molecular complexity index is 1040. The summed E-state index contributed by atoms with van der Waals surface area (Å²) in [5, 5.41) is 0.671. The van der Waals surface area contributed by atoms with E-state index in [1.54, 1.807) is 35.4 Å². The highest BCUT2D eigenvalue weighted by Gasteiger charge is 2.32. The van der Waals surface area contributed by atoms with E-state index in [0.29, 0.717) is 48.4 Å². The Hall–Kier alpha value is -2.30. The number of hydrogen-bond donors (Lipinski definition) is 0. The number of ether oxygens (including phenoxy) is 2. The van der Waals surface area contributed by atoms with E-state index >= 15 is 0 Å². The summed E-state index contributed by atoms with van der Waals surface area (Å²) in [4.78, 5) is 19.0. The maximum atomic E-state index is 13.1. The van der Waals surface area contributed by atoms with Crippen molar-refractivity contribution >= 4 is 27.7 Å². The van der Waals surface area contributed by atoms with E-state index in [1.165, 1.54) is 22.1 Å². The zero-order valence-electron chi connectivity index (χ0n) is 16.6. The Labute approximate surface area is 180 Å². The van der Waals surface area contributed by atoms with Crippen molar-refractivity contribution in [3.8, 4) is 11.5 Å². The molecule has 0 aliphatic carbocycles. The highest BCUT2D eigenvalue weighted by molar-refractivity contribution is 7.98. The number of carbonyl (C=O) groups is 1. The minimum atomic E-state index is -3.69. The fourth-order valence-corrected chi connectivity index (χ4v) is 5.45. The van der Waals surface area contributed by atoms with Crippen LogP contribution in [0, 0.1) is 0 Å². The molecule has 0 bridgehead atoms. The van der Waals surface area contributed by atoms with Crippen molar-refractivity contribution in [1.29, 1.82) is 0 Å². The van der Waals surface area contributed by atoms with Crippen LogP contribution in [-0.2, 0) is 10.0 Å². The Morgan fingerprint density at radius 3 is 2.53 bits per heavy atom. The zero-order chi connectivity index (χ0) is 21.1. The molecule has 8 nitrogen and oxygen atoms in total. The van der Waals surface area contributed by atoms with Gasteiger partial charge in [-0.05, 0) is 30.5 Å². The van der Waals surface area contributed by atoms with Crippen LogP contribution >= 0.6 is 11.8 Å². The molecular formula is C20H23N3O5S2. The number of nitrogens with zero attached hydrogens (tertiary/aromatic N) is 3. The number of rotatable bonds is 4. The number of pyridine rings is 1. The van der Waals surface area contributed by atoms with Crippen molar-refractivity contribution in [2.75, 3.05) is 45.6 Å². The minimum absolute atomic E-state index is 0.125. The number of fused-ring (bicyclic) bond motifs is 1. The first-order valence-electron chi connectivity index (χ1n) is 9.69. The summed E-state index contributed by atoms with van der Waals surface area (Å²) in [7, 11) is -3.69. The van der Waals surface area contributed by atoms with E-state index in [1.807, 2.05) is 6.26 Å². The molecule has 30 heavy (non-hydrogen) atoms. The second-order valence-electron chi connectivity index (χ2n) is 6.92. The van der Waals surface area contributed by atoms with Gasteiger partial charge in [0.05, 0.1) is 23.7 Å². The number of sulfonamides is 1. The van der Waals surface area contributed by atoms with Crippen molar-refractivity contribution in [1.82, 2.24) is 14.2 Å². The van der Waals surface area contributed by atoms with Crippen LogP contribution in [0.15, 0.2) is 46.5 Å². The molecule has 1 aromatic carbocycles. The van der Waals surface area contributed by atoms with Gasteiger partial charge in [-0.25, -0.2) is 13.4 Å². The van der Waals surface area contributed by atoms with Crippen LogP contribution in [0.25, 0.3) is 0 Å². The standard InChI is InChI=1S/C20H23N3O5S2/c1-29-19-16(4-2-7-21-19)20(24)22-8-10-23(11-9-22)30(25,26)15-5-6-17-18(14-15)28-13-3-12-27-17/h2,4-7,14H,3,8-13H2,1H3. The second-order valence-corrected chi connectivity index (χ2v) is 9.65. The molecule has 0 atom stereocenters. The predicted molar refractivity (Wildman–Crippen MR) is 113 cm³/mol. The fourth-order valence-electron chi connectivity index (χ4n) is 3.47. The van der Waals surface area contributed by atoms with Gasteiger partial charge in [0.15, 0.2) is 11.5 Å². The van der Waals surface area contributed by atoms with E-state index in [4.69, 9.17) is 9.47 Å². The molecule has 0 N–H and O–H groups in total. The molecule has 2 aliphatic heterocycles. The zero-order valence-corrected chi connectivity index (χ0v) is 18.2. The molecule has 10 heteroatoms. The normalized spacial score (nSPS) is 17.4. The van der Waals surface area contributed by atoms with Gasteiger partial charge in [-0.1, -0.05) is 0 Å². The molecule has 1 aromatic heterocycles. The molecule has 2 aliphatic rings. The molecule has 1 fully saturated rings. The number of thioether (sulfide) groups is 1. The summed E-state index contributed by atoms with van der Waals surface area (Å²) in [6.45, 7) is 2.15. The second kappa shape index (κ2) is 8.83. The number of hydrogen-bond acceptors (Lipinski definition) is 7. The van der Waals surface area contributed by atoms with Crippen LogP contribution in [0.2, 0.25) is 0 Å². The van der Waals surface area contributed by atoms with Crippen LogP contribution in [0.3, 0.4) is 0 Å². The molecule has 0 unspecified atom stereocenters. The Morgan fingerprint density at radius 2 is 1.80 bits per heavy atom. The van der Waals surface area contributed by atoms with Crippen LogP contribution in [0.1, 0.15) is 16.8 Å². The summed E-state index contributed by atoms with van der Waals surface area (Å²) in [5.74, 6) is 0.881. The average Bonchev–Trinajstić information content (AvgIpc) is 3.03. The number of piperazine rings is 1.